The molecule has 0 atom stereocenters. The van der Waals surface area contributed by atoms with Crippen LogP contribution in [0.5, 0.6) is 5.75 Å². The number of aryl methyl sites for hydroxylation is 1. The number of amides is 3. The average Bonchev–Trinajstić information content (AvgIpc) is 3.36. The van der Waals surface area contributed by atoms with Crippen molar-refractivity contribution < 1.29 is 19.1 Å². The van der Waals surface area contributed by atoms with Crippen LogP contribution >= 0.6 is 39.1 Å². The van der Waals surface area contributed by atoms with Crippen LogP contribution in [0.2, 0.25) is 10.0 Å². The lowest BCUT2D eigenvalue weighted by atomic mass is 10.1. The minimum atomic E-state index is -0.451. The number of carbonyl (C=O) groups is 3. The van der Waals surface area contributed by atoms with Crippen LogP contribution in [0.1, 0.15) is 22.4 Å². The number of likely N-dealkylation sites (N-methyl/N-ethyl adjacent to an activating group) is 1. The minimum Gasteiger partial charge on any atom is -0.485 e. The maximum Gasteiger partial charge on any atom is 0.246 e. The zero-order chi connectivity index (χ0) is 33.5. The van der Waals surface area contributed by atoms with E-state index in [4.69, 9.17) is 27.9 Å². The van der Waals surface area contributed by atoms with Crippen molar-refractivity contribution in [3.63, 3.8) is 0 Å². The van der Waals surface area contributed by atoms with Gasteiger partial charge in [0.2, 0.25) is 17.7 Å². The molecule has 5 rings (SSSR count). The lowest BCUT2D eigenvalue weighted by Crippen LogP contribution is -2.37. The van der Waals surface area contributed by atoms with E-state index >= 15 is 0 Å². The number of nitrogens with one attached hydrogen (secondary N) is 2. The van der Waals surface area contributed by atoms with Gasteiger partial charge in [0.05, 0.1) is 29.4 Å². The number of aromatic nitrogens is 3. The SMILES string of the molecule is Cc1nc2c(OCc3c(Cl)ccc(N(C)C(=O)CNC(=O)C=Cc4ccc(NC(=O)Cc5ccncc5)cc4)c3Cl)cccn2c1Br. The van der Waals surface area contributed by atoms with Crippen LogP contribution in [0.15, 0.2) is 89.9 Å². The topological polar surface area (TPSA) is 118 Å². The van der Waals surface area contributed by atoms with Gasteiger partial charge in [-0.2, -0.15) is 0 Å². The number of fused-ring (bicyclic) bond motifs is 1. The molecule has 0 aliphatic rings. The summed E-state index contributed by atoms with van der Waals surface area (Å²) < 4.78 is 8.75. The van der Waals surface area contributed by atoms with Gasteiger partial charge in [-0.3, -0.25) is 23.8 Å². The normalized spacial score (nSPS) is 11.1. The molecule has 0 saturated carbocycles. The zero-order valence-corrected chi connectivity index (χ0v) is 28.4. The van der Waals surface area contributed by atoms with E-state index in [9.17, 15) is 14.4 Å². The van der Waals surface area contributed by atoms with Crippen LogP contribution in [0.25, 0.3) is 11.7 Å². The number of benzene rings is 2. The molecule has 10 nitrogen and oxygen atoms in total. The van der Waals surface area contributed by atoms with Crippen molar-refractivity contribution in [2.24, 2.45) is 0 Å². The Morgan fingerprint density at radius 1 is 1.04 bits per heavy atom. The number of nitrogens with zero attached hydrogens (tertiary/aromatic N) is 4. The van der Waals surface area contributed by atoms with Crippen molar-refractivity contribution in [2.45, 2.75) is 20.0 Å². The summed E-state index contributed by atoms with van der Waals surface area (Å²) in [5, 5.41) is 6.07. The second kappa shape index (κ2) is 15.3. The highest BCUT2D eigenvalue weighted by atomic mass is 79.9. The molecule has 47 heavy (non-hydrogen) atoms. The molecule has 0 aliphatic carbocycles. The maximum absolute atomic E-state index is 13.0. The third-order valence-corrected chi connectivity index (χ3v) is 8.87. The molecule has 2 aromatic carbocycles. The van der Waals surface area contributed by atoms with E-state index in [0.29, 0.717) is 33.4 Å². The average molecular weight is 736 g/mol. The Kier molecular flexibility index (Phi) is 10.9. The Labute approximate surface area is 289 Å². The first-order valence-corrected chi connectivity index (χ1v) is 15.9. The molecule has 3 heterocycles. The molecule has 0 bridgehead atoms. The van der Waals surface area contributed by atoms with Gasteiger partial charge in [0.1, 0.15) is 11.2 Å². The number of rotatable bonds is 11. The van der Waals surface area contributed by atoms with Gasteiger partial charge >= 0.3 is 0 Å². The molecule has 0 spiro atoms. The highest BCUT2D eigenvalue weighted by molar-refractivity contribution is 9.10. The highest BCUT2D eigenvalue weighted by Crippen LogP contribution is 2.35. The summed E-state index contributed by atoms with van der Waals surface area (Å²) in [6.45, 7) is 1.67. The van der Waals surface area contributed by atoms with Crippen molar-refractivity contribution in [3.8, 4) is 5.75 Å². The molecule has 240 valence electrons. The highest BCUT2D eigenvalue weighted by Gasteiger charge is 2.20. The summed E-state index contributed by atoms with van der Waals surface area (Å²) in [6.07, 6.45) is 8.33. The fourth-order valence-electron chi connectivity index (χ4n) is 4.58. The van der Waals surface area contributed by atoms with Crippen molar-refractivity contribution >= 4 is 80.0 Å². The largest absolute Gasteiger partial charge is 0.485 e. The predicted octanol–water partition coefficient (Wildman–Crippen LogP) is 6.66. The summed E-state index contributed by atoms with van der Waals surface area (Å²) in [5.41, 5.74) is 4.60. The molecule has 3 amide bonds. The molecule has 0 radical (unpaired) electrons. The molecule has 0 unspecified atom stereocenters. The van der Waals surface area contributed by atoms with Crippen LogP contribution in [0, 0.1) is 6.92 Å². The zero-order valence-electron chi connectivity index (χ0n) is 25.3. The number of halogens is 3. The Hall–Kier alpha value is -4.71. The van der Waals surface area contributed by atoms with Crippen molar-refractivity contribution in [1.82, 2.24) is 19.7 Å². The first-order valence-electron chi connectivity index (χ1n) is 14.3. The van der Waals surface area contributed by atoms with Crippen LogP contribution in [0.4, 0.5) is 11.4 Å². The van der Waals surface area contributed by atoms with Crippen LogP contribution in [-0.4, -0.2) is 45.7 Å². The monoisotopic (exact) mass is 734 g/mol. The quantitative estimate of drug-likeness (QED) is 0.147. The minimum absolute atomic E-state index is 0.0389. The lowest BCUT2D eigenvalue weighted by Gasteiger charge is -2.21. The Balaban J connectivity index is 1.14. The van der Waals surface area contributed by atoms with Crippen molar-refractivity contribution in [2.75, 3.05) is 23.8 Å². The van der Waals surface area contributed by atoms with Gasteiger partial charge in [-0.15, -0.1) is 0 Å². The Bertz CT molecular complexity index is 1970. The van der Waals surface area contributed by atoms with E-state index in [1.807, 2.05) is 23.6 Å². The fourth-order valence-corrected chi connectivity index (χ4v) is 5.56. The molecule has 0 aliphatic heterocycles. The second-order valence-electron chi connectivity index (χ2n) is 10.4. The van der Waals surface area contributed by atoms with Gasteiger partial charge in [-0.25, -0.2) is 4.98 Å². The van der Waals surface area contributed by atoms with Crippen molar-refractivity contribution in [3.05, 3.63) is 122 Å². The standard InChI is InChI=1S/C34H29BrCl2N6O4/c1-21-33(35)43-17-3-4-28(34(43)40-21)47-20-25-26(36)10-11-27(32(25)37)42(2)31(46)19-39-29(44)12-7-22-5-8-24(9-6-22)41-30(45)18-23-13-15-38-16-14-23/h3-17H,18-20H2,1-2H3,(H,39,44)(H,41,45). The molecule has 13 heteroatoms. The van der Waals surface area contributed by atoms with E-state index < -0.39 is 11.8 Å². The molecule has 0 saturated heterocycles. The second-order valence-corrected chi connectivity index (χ2v) is 11.9. The van der Waals surface area contributed by atoms with Gasteiger partial charge in [0.15, 0.2) is 11.4 Å². The van der Waals surface area contributed by atoms with Gasteiger partial charge < -0.3 is 20.3 Å². The van der Waals surface area contributed by atoms with Crippen molar-refractivity contribution in [1.29, 1.82) is 0 Å². The molecular weight excluding hydrogens is 707 g/mol. The number of hydrogen-bond donors (Lipinski definition) is 2. The number of hydrogen-bond acceptors (Lipinski definition) is 6. The van der Waals surface area contributed by atoms with Gasteiger partial charge in [-0.05, 0) is 88.6 Å². The predicted molar refractivity (Wildman–Crippen MR) is 187 cm³/mol. The Morgan fingerprint density at radius 2 is 1.79 bits per heavy atom. The molecular formula is C34H29BrCl2N6O4. The van der Waals surface area contributed by atoms with Crippen LogP contribution in [-0.2, 0) is 27.4 Å². The van der Waals surface area contributed by atoms with Crippen LogP contribution in [0.3, 0.4) is 0 Å². The smallest absolute Gasteiger partial charge is 0.246 e. The number of ether oxygens (including phenoxy) is 1. The van der Waals surface area contributed by atoms with E-state index in [1.165, 1.54) is 11.0 Å². The maximum atomic E-state index is 13.0. The van der Waals surface area contributed by atoms with Gasteiger partial charge in [-0.1, -0.05) is 35.3 Å². The third kappa shape index (κ3) is 8.37. The third-order valence-electron chi connectivity index (χ3n) is 7.14. The van der Waals surface area contributed by atoms with E-state index in [1.54, 1.807) is 80.1 Å². The number of imidazole rings is 1. The first kappa shape index (κ1) is 33.6. The fraction of sp³-hybridized carbons (Fsp3) is 0.147. The van der Waals surface area contributed by atoms with Crippen LogP contribution < -0.4 is 20.3 Å². The van der Waals surface area contributed by atoms with E-state index in [-0.39, 0.29) is 30.5 Å². The Morgan fingerprint density at radius 3 is 2.53 bits per heavy atom. The summed E-state index contributed by atoms with van der Waals surface area (Å²) >= 11 is 16.7. The molecule has 0 fully saturated rings. The lowest BCUT2D eigenvalue weighted by molar-refractivity contribution is -0.122. The first-order chi connectivity index (χ1) is 22.6. The molecule has 2 N–H and O–H groups in total. The number of carbonyl (C=O) groups excluding carboxylic acids is 3. The summed E-state index contributed by atoms with van der Waals surface area (Å²) in [7, 11) is 1.56. The van der Waals surface area contributed by atoms with Gasteiger partial charge in [0.25, 0.3) is 0 Å². The van der Waals surface area contributed by atoms with E-state index in [2.05, 4.69) is 36.5 Å². The summed E-state index contributed by atoms with van der Waals surface area (Å²) in [5.74, 6) is -0.450. The molecule has 3 aromatic heterocycles. The number of pyridine rings is 2. The summed E-state index contributed by atoms with van der Waals surface area (Å²) in [4.78, 5) is 47.6. The summed E-state index contributed by atoms with van der Waals surface area (Å²) in [6, 6.07) is 17.5. The number of anilines is 2. The van der Waals surface area contributed by atoms with E-state index in [0.717, 1.165) is 21.4 Å². The molecule has 5 aromatic rings. The van der Waals surface area contributed by atoms with Gasteiger partial charge in [0, 0.05) is 48.0 Å².